The van der Waals surface area contributed by atoms with Crippen LogP contribution in [0, 0.1) is 10.1 Å². The normalized spacial score (nSPS) is 9.50. The molecule has 0 fully saturated rings. The molecule has 0 rings (SSSR count). The van der Waals surface area contributed by atoms with Gasteiger partial charge in [0.25, 0.3) is 12.5 Å². The van der Waals surface area contributed by atoms with Crippen molar-refractivity contribution in [3.8, 4) is 0 Å². The topological polar surface area (TPSA) is 72.2 Å². The van der Waals surface area contributed by atoms with Crippen molar-refractivity contribution in [3.63, 3.8) is 0 Å². The highest BCUT2D eigenvalue weighted by atomic mass is 16.6. The van der Waals surface area contributed by atoms with E-state index >= 15 is 0 Å². The molecular weight excluding hydrogens is 136 g/mol. The number of carbonyl (C=O) groups is 1. The van der Waals surface area contributed by atoms with Gasteiger partial charge in [0.1, 0.15) is 0 Å². The SMILES string of the molecule is CC(C)NC(=O)C[N+](=O)[O-]. The molecule has 1 N–H and O–H groups in total. The first-order valence-corrected chi connectivity index (χ1v) is 2.93. The minimum absolute atomic E-state index is 0.0348. The average Bonchev–Trinajstić information content (AvgIpc) is 1.58. The Labute approximate surface area is 58.6 Å². The van der Waals surface area contributed by atoms with Crippen LogP contribution in [0.15, 0.2) is 0 Å². The van der Waals surface area contributed by atoms with Gasteiger partial charge in [0.05, 0.1) is 0 Å². The molecular formula is C5H10N2O3. The number of nitro groups is 1. The highest BCUT2D eigenvalue weighted by Crippen LogP contribution is 1.77. The van der Waals surface area contributed by atoms with Gasteiger partial charge in [0.2, 0.25) is 0 Å². The van der Waals surface area contributed by atoms with Gasteiger partial charge in [-0.2, -0.15) is 0 Å². The summed E-state index contributed by atoms with van der Waals surface area (Å²) in [7, 11) is 0. The fraction of sp³-hybridized carbons (Fsp3) is 0.800. The van der Waals surface area contributed by atoms with Crippen molar-refractivity contribution in [2.45, 2.75) is 19.9 Å². The van der Waals surface area contributed by atoms with E-state index in [-0.39, 0.29) is 6.04 Å². The summed E-state index contributed by atoms with van der Waals surface area (Å²) >= 11 is 0. The van der Waals surface area contributed by atoms with Crippen LogP contribution in [0.2, 0.25) is 0 Å². The number of rotatable bonds is 3. The Morgan fingerprint density at radius 2 is 2.20 bits per heavy atom. The number of carbonyl (C=O) groups excluding carboxylic acids is 1. The molecule has 5 nitrogen and oxygen atoms in total. The molecule has 0 aromatic rings. The van der Waals surface area contributed by atoms with Crippen LogP contribution in [0.4, 0.5) is 0 Å². The lowest BCUT2D eigenvalue weighted by Gasteiger charge is -2.03. The third-order valence-corrected chi connectivity index (χ3v) is 0.722. The number of amides is 1. The van der Waals surface area contributed by atoms with Gasteiger partial charge in [-0.05, 0) is 13.8 Å². The molecule has 0 saturated carbocycles. The second-order valence-corrected chi connectivity index (χ2v) is 2.21. The third-order valence-electron chi connectivity index (χ3n) is 0.722. The van der Waals surface area contributed by atoms with Crippen LogP contribution in [0.3, 0.4) is 0 Å². The Kier molecular flexibility index (Phi) is 3.38. The number of nitrogens with zero attached hydrogens (tertiary/aromatic N) is 1. The molecule has 0 radical (unpaired) electrons. The standard InChI is InChI=1S/C5H10N2O3/c1-4(2)6-5(8)3-7(9)10/h4H,3H2,1-2H3,(H,6,8). The minimum atomic E-state index is -0.655. The highest BCUT2D eigenvalue weighted by molar-refractivity contribution is 5.77. The van der Waals surface area contributed by atoms with E-state index in [0.29, 0.717) is 0 Å². The van der Waals surface area contributed by atoms with E-state index in [1.165, 1.54) is 0 Å². The van der Waals surface area contributed by atoms with Gasteiger partial charge < -0.3 is 5.32 Å². The van der Waals surface area contributed by atoms with Gasteiger partial charge >= 0.3 is 0 Å². The fourth-order valence-corrected chi connectivity index (χ4v) is 0.485. The lowest BCUT2D eigenvalue weighted by Crippen LogP contribution is -2.34. The lowest BCUT2D eigenvalue weighted by atomic mass is 10.4. The maximum absolute atomic E-state index is 10.5. The monoisotopic (exact) mass is 146 g/mol. The Morgan fingerprint density at radius 1 is 1.70 bits per heavy atom. The Hall–Kier alpha value is -1.13. The summed E-state index contributed by atoms with van der Waals surface area (Å²) < 4.78 is 0. The molecule has 0 saturated heterocycles. The van der Waals surface area contributed by atoms with Crippen molar-refractivity contribution in [3.05, 3.63) is 10.1 Å². The van der Waals surface area contributed by atoms with Crippen LogP contribution in [0.1, 0.15) is 13.8 Å². The molecule has 10 heavy (non-hydrogen) atoms. The molecule has 0 aliphatic heterocycles. The third kappa shape index (κ3) is 5.02. The van der Waals surface area contributed by atoms with Gasteiger partial charge in [-0.15, -0.1) is 0 Å². The zero-order valence-electron chi connectivity index (χ0n) is 5.96. The van der Waals surface area contributed by atoms with Gasteiger partial charge in [-0.3, -0.25) is 14.9 Å². The van der Waals surface area contributed by atoms with Crippen molar-refractivity contribution < 1.29 is 9.72 Å². The number of hydrogen-bond acceptors (Lipinski definition) is 3. The molecule has 0 aromatic heterocycles. The molecule has 58 valence electrons. The molecule has 0 aliphatic carbocycles. The van der Waals surface area contributed by atoms with Crippen molar-refractivity contribution in [2.75, 3.05) is 6.54 Å². The first-order valence-electron chi connectivity index (χ1n) is 2.93. The summed E-state index contributed by atoms with van der Waals surface area (Å²) in [6, 6.07) is -0.0348. The zero-order valence-corrected chi connectivity index (χ0v) is 5.96. The molecule has 0 spiro atoms. The molecule has 0 bridgehead atoms. The molecule has 0 aromatic carbocycles. The van der Waals surface area contributed by atoms with Crippen molar-refractivity contribution in [1.29, 1.82) is 0 Å². The van der Waals surface area contributed by atoms with E-state index in [4.69, 9.17) is 0 Å². The largest absolute Gasteiger partial charge is 0.348 e. The van der Waals surface area contributed by atoms with E-state index in [9.17, 15) is 14.9 Å². The van der Waals surface area contributed by atoms with E-state index in [0.717, 1.165) is 0 Å². The summed E-state index contributed by atoms with van der Waals surface area (Å²) in [5, 5.41) is 12.1. The summed E-state index contributed by atoms with van der Waals surface area (Å²) in [4.78, 5) is 19.6. The molecule has 0 atom stereocenters. The predicted octanol–water partition coefficient (Wildman–Crippen LogP) is -0.212. The second kappa shape index (κ2) is 3.81. The first kappa shape index (κ1) is 8.87. The van der Waals surface area contributed by atoms with Gasteiger partial charge in [-0.1, -0.05) is 0 Å². The van der Waals surface area contributed by atoms with Crippen LogP contribution in [-0.4, -0.2) is 23.4 Å². The summed E-state index contributed by atoms with van der Waals surface area (Å²) in [6.45, 7) is 2.86. The summed E-state index contributed by atoms with van der Waals surface area (Å²) in [5.41, 5.74) is 0. The Bertz CT molecular complexity index is 144. The Balaban J connectivity index is 3.54. The van der Waals surface area contributed by atoms with E-state index in [2.05, 4.69) is 5.32 Å². The molecule has 0 unspecified atom stereocenters. The highest BCUT2D eigenvalue weighted by Gasteiger charge is 2.08. The van der Waals surface area contributed by atoms with Crippen LogP contribution in [-0.2, 0) is 4.79 Å². The van der Waals surface area contributed by atoms with E-state index in [1.807, 2.05) is 0 Å². The van der Waals surface area contributed by atoms with Crippen LogP contribution >= 0.6 is 0 Å². The van der Waals surface area contributed by atoms with Crippen LogP contribution in [0.25, 0.3) is 0 Å². The predicted molar refractivity (Wildman–Crippen MR) is 35.1 cm³/mol. The van der Waals surface area contributed by atoms with Crippen molar-refractivity contribution in [2.24, 2.45) is 0 Å². The van der Waals surface area contributed by atoms with Crippen LogP contribution < -0.4 is 5.32 Å². The lowest BCUT2D eigenvalue weighted by molar-refractivity contribution is -0.467. The maximum atomic E-state index is 10.5. The number of nitrogens with one attached hydrogen (secondary N) is 1. The zero-order chi connectivity index (χ0) is 8.15. The average molecular weight is 146 g/mol. The van der Waals surface area contributed by atoms with Crippen molar-refractivity contribution >= 4 is 5.91 Å². The smallest absolute Gasteiger partial charge is 0.291 e. The van der Waals surface area contributed by atoms with Crippen LogP contribution in [0.5, 0.6) is 0 Å². The molecule has 0 aliphatic rings. The summed E-state index contributed by atoms with van der Waals surface area (Å²) in [5.74, 6) is -0.542. The summed E-state index contributed by atoms with van der Waals surface area (Å²) in [6.07, 6.45) is 0. The minimum Gasteiger partial charge on any atom is -0.348 e. The molecule has 0 heterocycles. The van der Waals surface area contributed by atoms with Crippen molar-refractivity contribution in [1.82, 2.24) is 5.32 Å². The van der Waals surface area contributed by atoms with E-state index in [1.54, 1.807) is 13.8 Å². The first-order chi connectivity index (χ1) is 4.52. The second-order valence-electron chi connectivity index (χ2n) is 2.21. The molecule has 5 heteroatoms. The Morgan fingerprint density at radius 3 is 2.50 bits per heavy atom. The van der Waals surface area contributed by atoms with Gasteiger partial charge in [0.15, 0.2) is 0 Å². The van der Waals surface area contributed by atoms with Gasteiger partial charge in [0, 0.05) is 11.0 Å². The quantitative estimate of drug-likeness (QED) is 0.442. The maximum Gasteiger partial charge on any atom is 0.291 e. The number of hydrogen-bond donors (Lipinski definition) is 1. The molecule has 1 amide bonds. The fourth-order valence-electron chi connectivity index (χ4n) is 0.485. The van der Waals surface area contributed by atoms with Gasteiger partial charge in [-0.25, -0.2) is 0 Å². The van der Waals surface area contributed by atoms with E-state index < -0.39 is 17.4 Å².